The van der Waals surface area contributed by atoms with Crippen LogP contribution in [0.2, 0.25) is 0 Å². The summed E-state index contributed by atoms with van der Waals surface area (Å²) in [5.41, 5.74) is 0. The summed E-state index contributed by atoms with van der Waals surface area (Å²) < 4.78 is 0. The molecule has 0 aromatic heterocycles. The van der Waals surface area contributed by atoms with E-state index in [-0.39, 0.29) is 6.04 Å². The Labute approximate surface area is 59.1 Å². The first-order valence-electron chi connectivity index (χ1n) is 3.18. The number of aliphatic hydroxyl groups excluding tert-OH is 2. The van der Waals surface area contributed by atoms with Crippen LogP contribution in [-0.4, -0.2) is 46.3 Å². The van der Waals surface area contributed by atoms with Gasteiger partial charge in [-0.2, -0.15) is 0 Å². The van der Waals surface area contributed by atoms with Crippen molar-refractivity contribution < 1.29 is 15.0 Å². The monoisotopic (exact) mass is 145 g/mol. The fourth-order valence-electron chi connectivity index (χ4n) is 1.05. The molecule has 0 bridgehead atoms. The number of rotatable bonds is 0. The van der Waals surface area contributed by atoms with Gasteiger partial charge in [-0.1, -0.05) is 0 Å². The van der Waals surface area contributed by atoms with E-state index in [1.165, 1.54) is 4.90 Å². The van der Waals surface area contributed by atoms with E-state index in [0.717, 1.165) is 0 Å². The number of hydrogen-bond acceptors (Lipinski definition) is 3. The molecule has 3 atom stereocenters. The summed E-state index contributed by atoms with van der Waals surface area (Å²) in [6, 6.07) is -0.275. The van der Waals surface area contributed by atoms with Gasteiger partial charge in [-0.25, -0.2) is 0 Å². The van der Waals surface area contributed by atoms with E-state index in [1.807, 2.05) is 0 Å². The maximum absolute atomic E-state index is 10.8. The number of carbonyl (C=O) groups is 1. The smallest absolute Gasteiger partial charge is 0.254 e. The van der Waals surface area contributed by atoms with Crippen LogP contribution in [0.1, 0.15) is 6.92 Å². The Bertz CT molecular complexity index is 143. The Morgan fingerprint density at radius 1 is 1.50 bits per heavy atom. The van der Waals surface area contributed by atoms with Gasteiger partial charge in [0.1, 0.15) is 6.10 Å². The van der Waals surface area contributed by atoms with E-state index in [9.17, 15) is 4.79 Å². The first-order chi connectivity index (χ1) is 4.55. The standard InChI is InChI=1S/C6H11NO3/c1-3-4(8)5(9)6(10)7(3)2/h3-5,8-9H,1-2H3/t3-,4+,5-/m0/s1. The topological polar surface area (TPSA) is 60.8 Å². The predicted octanol–water partition coefficient (Wildman–Crippen LogP) is -1.43. The molecule has 4 heteroatoms. The predicted molar refractivity (Wildman–Crippen MR) is 34.2 cm³/mol. The van der Waals surface area contributed by atoms with Crippen molar-refractivity contribution in [3.63, 3.8) is 0 Å². The number of amides is 1. The Hall–Kier alpha value is -0.610. The third-order valence-electron chi connectivity index (χ3n) is 2.03. The number of likely N-dealkylation sites (N-methyl/N-ethyl adjacent to an activating group) is 1. The van der Waals surface area contributed by atoms with Gasteiger partial charge >= 0.3 is 0 Å². The zero-order chi connectivity index (χ0) is 7.89. The number of aliphatic hydroxyl groups is 2. The Morgan fingerprint density at radius 2 is 2.00 bits per heavy atom. The molecule has 1 aliphatic rings. The van der Waals surface area contributed by atoms with Gasteiger partial charge in [-0.3, -0.25) is 4.79 Å². The maximum Gasteiger partial charge on any atom is 0.254 e. The first kappa shape index (κ1) is 7.50. The molecule has 4 nitrogen and oxygen atoms in total. The molecule has 0 saturated carbocycles. The minimum absolute atomic E-state index is 0.275. The largest absolute Gasteiger partial charge is 0.388 e. The van der Waals surface area contributed by atoms with Crippen LogP contribution in [0.25, 0.3) is 0 Å². The van der Waals surface area contributed by atoms with Crippen molar-refractivity contribution in [1.29, 1.82) is 0 Å². The molecule has 1 aliphatic heterocycles. The molecule has 1 fully saturated rings. The number of likely N-dealkylation sites (tertiary alicyclic amines) is 1. The van der Waals surface area contributed by atoms with E-state index in [1.54, 1.807) is 14.0 Å². The maximum atomic E-state index is 10.8. The van der Waals surface area contributed by atoms with Crippen LogP contribution in [0.5, 0.6) is 0 Å². The van der Waals surface area contributed by atoms with Crippen molar-refractivity contribution >= 4 is 5.91 Å². The molecule has 0 aromatic rings. The molecule has 0 unspecified atom stereocenters. The van der Waals surface area contributed by atoms with Crippen LogP contribution in [0.3, 0.4) is 0 Å². The lowest BCUT2D eigenvalue weighted by Gasteiger charge is -2.15. The normalized spacial score (nSPS) is 41.0. The van der Waals surface area contributed by atoms with Gasteiger partial charge in [0.15, 0.2) is 6.10 Å². The molecule has 0 aliphatic carbocycles. The summed E-state index contributed by atoms with van der Waals surface area (Å²) >= 11 is 0. The fraction of sp³-hybridized carbons (Fsp3) is 0.833. The molecule has 0 aromatic carbocycles. The molecule has 10 heavy (non-hydrogen) atoms. The van der Waals surface area contributed by atoms with Gasteiger partial charge in [0.25, 0.3) is 5.91 Å². The Balaban J connectivity index is 2.78. The zero-order valence-electron chi connectivity index (χ0n) is 5.98. The van der Waals surface area contributed by atoms with Crippen LogP contribution in [0.4, 0.5) is 0 Å². The second kappa shape index (κ2) is 2.21. The first-order valence-corrected chi connectivity index (χ1v) is 3.18. The van der Waals surface area contributed by atoms with Crippen molar-refractivity contribution in [1.82, 2.24) is 4.90 Å². The van der Waals surface area contributed by atoms with Crippen molar-refractivity contribution in [3.05, 3.63) is 0 Å². The summed E-state index contributed by atoms with van der Waals surface area (Å²) in [4.78, 5) is 12.2. The van der Waals surface area contributed by atoms with Crippen molar-refractivity contribution in [2.45, 2.75) is 25.2 Å². The average Bonchev–Trinajstić information content (AvgIpc) is 2.07. The number of carbonyl (C=O) groups excluding carboxylic acids is 1. The molecule has 1 saturated heterocycles. The summed E-state index contributed by atoms with van der Waals surface area (Å²) in [6.45, 7) is 1.69. The Morgan fingerprint density at radius 3 is 2.10 bits per heavy atom. The van der Waals surface area contributed by atoms with Crippen LogP contribution in [0.15, 0.2) is 0 Å². The minimum atomic E-state index is -1.22. The highest BCUT2D eigenvalue weighted by Gasteiger charge is 2.41. The van der Waals surface area contributed by atoms with E-state index < -0.39 is 18.1 Å². The zero-order valence-corrected chi connectivity index (χ0v) is 5.98. The van der Waals surface area contributed by atoms with Crippen LogP contribution >= 0.6 is 0 Å². The summed E-state index contributed by atoms with van der Waals surface area (Å²) in [7, 11) is 1.56. The quantitative estimate of drug-likeness (QED) is 0.439. The van der Waals surface area contributed by atoms with E-state index in [2.05, 4.69) is 0 Å². The minimum Gasteiger partial charge on any atom is -0.388 e. The van der Waals surface area contributed by atoms with E-state index >= 15 is 0 Å². The lowest BCUT2D eigenvalue weighted by molar-refractivity contribution is -0.135. The second-order valence-corrected chi connectivity index (χ2v) is 2.63. The molecule has 58 valence electrons. The van der Waals surface area contributed by atoms with Gasteiger partial charge in [0, 0.05) is 7.05 Å². The van der Waals surface area contributed by atoms with E-state index in [4.69, 9.17) is 10.2 Å². The second-order valence-electron chi connectivity index (χ2n) is 2.63. The van der Waals surface area contributed by atoms with Crippen LogP contribution in [-0.2, 0) is 4.79 Å². The highest BCUT2D eigenvalue weighted by Crippen LogP contribution is 2.16. The number of hydrogen-bond donors (Lipinski definition) is 2. The molecule has 2 N–H and O–H groups in total. The Kier molecular flexibility index (Phi) is 1.66. The van der Waals surface area contributed by atoms with Gasteiger partial charge in [0.2, 0.25) is 0 Å². The molecule has 0 radical (unpaired) electrons. The summed E-state index contributed by atoms with van der Waals surface area (Å²) in [5.74, 6) is -0.403. The molecular weight excluding hydrogens is 134 g/mol. The lowest BCUT2D eigenvalue weighted by Crippen LogP contribution is -2.30. The third-order valence-corrected chi connectivity index (χ3v) is 2.03. The molecule has 1 amide bonds. The summed E-state index contributed by atoms with van der Waals surface area (Å²) in [6.07, 6.45) is -2.16. The average molecular weight is 145 g/mol. The van der Waals surface area contributed by atoms with E-state index in [0.29, 0.717) is 0 Å². The van der Waals surface area contributed by atoms with Gasteiger partial charge in [-0.05, 0) is 6.92 Å². The van der Waals surface area contributed by atoms with Crippen molar-refractivity contribution in [2.24, 2.45) is 0 Å². The summed E-state index contributed by atoms with van der Waals surface area (Å²) in [5, 5.41) is 18.1. The van der Waals surface area contributed by atoms with Crippen LogP contribution in [0, 0.1) is 0 Å². The molecule has 1 rings (SSSR count). The van der Waals surface area contributed by atoms with Gasteiger partial charge in [0.05, 0.1) is 6.04 Å². The van der Waals surface area contributed by atoms with Gasteiger partial charge in [-0.15, -0.1) is 0 Å². The van der Waals surface area contributed by atoms with Gasteiger partial charge < -0.3 is 15.1 Å². The SMILES string of the molecule is C[C@H]1[C@@H](O)[C@H](O)C(=O)N1C. The highest BCUT2D eigenvalue weighted by atomic mass is 16.3. The molecule has 1 heterocycles. The lowest BCUT2D eigenvalue weighted by atomic mass is 10.2. The highest BCUT2D eigenvalue weighted by molar-refractivity contribution is 5.84. The van der Waals surface area contributed by atoms with Crippen molar-refractivity contribution in [3.8, 4) is 0 Å². The fourth-order valence-corrected chi connectivity index (χ4v) is 1.05. The third kappa shape index (κ3) is 0.803. The molecular formula is C6H11NO3. The van der Waals surface area contributed by atoms with Crippen molar-refractivity contribution in [2.75, 3.05) is 7.05 Å². The van der Waals surface area contributed by atoms with Crippen LogP contribution < -0.4 is 0 Å². The molecule has 0 spiro atoms. The number of nitrogens with zero attached hydrogens (tertiary/aromatic N) is 1.